The highest BCUT2D eigenvalue weighted by atomic mass is 16.5. The van der Waals surface area contributed by atoms with Gasteiger partial charge in [0.1, 0.15) is 11.5 Å². The van der Waals surface area contributed by atoms with Gasteiger partial charge in [-0.2, -0.15) is 5.26 Å². The minimum absolute atomic E-state index is 0.0123. The van der Waals surface area contributed by atoms with Crippen molar-refractivity contribution in [2.24, 2.45) is 5.92 Å². The molecule has 25 heavy (non-hydrogen) atoms. The molecule has 0 unspecified atom stereocenters. The van der Waals surface area contributed by atoms with Crippen molar-refractivity contribution in [2.75, 3.05) is 19.7 Å². The van der Waals surface area contributed by atoms with Crippen molar-refractivity contribution < 1.29 is 14.6 Å². The monoisotopic (exact) mass is 336 g/mol. The van der Waals surface area contributed by atoms with Gasteiger partial charge < -0.3 is 14.7 Å². The molecule has 1 fully saturated rings. The molecule has 0 bridgehead atoms. The van der Waals surface area contributed by atoms with Crippen LogP contribution in [0.15, 0.2) is 48.5 Å². The highest BCUT2D eigenvalue weighted by Crippen LogP contribution is 2.24. The average molecular weight is 336 g/mol. The van der Waals surface area contributed by atoms with Crippen LogP contribution >= 0.6 is 0 Å². The molecule has 2 aromatic carbocycles. The van der Waals surface area contributed by atoms with Crippen LogP contribution in [0.3, 0.4) is 0 Å². The molecule has 2 aromatic rings. The number of aliphatic hydroxyl groups excluding tert-OH is 1. The van der Waals surface area contributed by atoms with Crippen molar-refractivity contribution in [3.63, 3.8) is 0 Å². The van der Waals surface area contributed by atoms with E-state index in [0.717, 1.165) is 12.8 Å². The molecule has 3 rings (SSSR count). The number of carbonyl (C=O) groups excluding carboxylic acids is 1. The van der Waals surface area contributed by atoms with E-state index >= 15 is 0 Å². The number of amides is 1. The fourth-order valence-corrected chi connectivity index (χ4v) is 2.93. The molecule has 128 valence electrons. The number of benzene rings is 2. The molecule has 1 amide bonds. The van der Waals surface area contributed by atoms with E-state index in [2.05, 4.69) is 6.07 Å². The first-order valence-electron chi connectivity index (χ1n) is 8.38. The van der Waals surface area contributed by atoms with E-state index in [-0.39, 0.29) is 12.5 Å². The molecule has 0 atom stereocenters. The number of aliphatic hydroxyl groups is 1. The summed E-state index contributed by atoms with van der Waals surface area (Å²) in [5.74, 6) is 1.49. The lowest BCUT2D eigenvalue weighted by molar-refractivity contribution is 0.0650. The minimum atomic E-state index is -0.0123. The van der Waals surface area contributed by atoms with Gasteiger partial charge in [0, 0.05) is 25.3 Å². The maximum Gasteiger partial charge on any atom is 0.253 e. The van der Waals surface area contributed by atoms with Crippen molar-refractivity contribution in [2.45, 2.75) is 12.8 Å². The van der Waals surface area contributed by atoms with Crippen molar-refractivity contribution in [3.05, 3.63) is 59.7 Å². The van der Waals surface area contributed by atoms with Crippen molar-refractivity contribution in [1.29, 1.82) is 5.26 Å². The molecule has 0 saturated carbocycles. The van der Waals surface area contributed by atoms with Crippen LogP contribution in [-0.2, 0) is 0 Å². The number of piperidine rings is 1. The second-order valence-electron chi connectivity index (χ2n) is 6.18. The molecular weight excluding hydrogens is 316 g/mol. The normalized spacial score (nSPS) is 14.8. The zero-order chi connectivity index (χ0) is 17.6. The number of hydrogen-bond donors (Lipinski definition) is 1. The first-order valence-corrected chi connectivity index (χ1v) is 8.38. The predicted octanol–water partition coefficient (Wildman–Crippen LogP) is 3.20. The van der Waals surface area contributed by atoms with Gasteiger partial charge in [0.15, 0.2) is 0 Å². The molecule has 0 aliphatic carbocycles. The number of hydrogen-bond acceptors (Lipinski definition) is 4. The van der Waals surface area contributed by atoms with Gasteiger partial charge in [-0.25, -0.2) is 0 Å². The van der Waals surface area contributed by atoms with E-state index in [4.69, 9.17) is 10.00 Å². The van der Waals surface area contributed by atoms with Crippen molar-refractivity contribution in [3.8, 4) is 17.6 Å². The lowest BCUT2D eigenvalue weighted by Gasteiger charge is -2.31. The number of likely N-dealkylation sites (tertiary alicyclic amines) is 1. The molecule has 1 heterocycles. The van der Waals surface area contributed by atoms with Gasteiger partial charge in [0.2, 0.25) is 0 Å². The maximum atomic E-state index is 12.7. The van der Waals surface area contributed by atoms with Crippen molar-refractivity contribution >= 4 is 5.91 Å². The molecular formula is C20H20N2O3. The highest BCUT2D eigenvalue weighted by Gasteiger charge is 2.23. The van der Waals surface area contributed by atoms with E-state index in [1.807, 2.05) is 4.90 Å². The first kappa shape index (κ1) is 17.0. The quantitative estimate of drug-likeness (QED) is 0.930. The van der Waals surface area contributed by atoms with Gasteiger partial charge in [-0.3, -0.25) is 4.79 Å². The molecule has 0 aromatic heterocycles. The third-order valence-corrected chi connectivity index (χ3v) is 4.46. The lowest BCUT2D eigenvalue weighted by atomic mass is 9.97. The standard InChI is InChI=1S/C20H20N2O3/c21-13-15-4-6-18(7-5-15)25-19-3-1-2-17(12-19)20(24)22-10-8-16(14-23)9-11-22/h1-7,12,16,23H,8-11,14H2. The molecule has 1 N–H and O–H groups in total. The summed E-state index contributed by atoms with van der Waals surface area (Å²) in [7, 11) is 0. The van der Waals surface area contributed by atoms with Crippen LogP contribution in [0.4, 0.5) is 0 Å². The Morgan fingerprint density at radius 1 is 1.16 bits per heavy atom. The van der Waals surface area contributed by atoms with Crippen LogP contribution in [0.5, 0.6) is 11.5 Å². The van der Waals surface area contributed by atoms with Gasteiger partial charge in [0.25, 0.3) is 5.91 Å². The van der Waals surface area contributed by atoms with Crippen LogP contribution in [0, 0.1) is 17.2 Å². The van der Waals surface area contributed by atoms with E-state index in [0.29, 0.717) is 41.6 Å². The third kappa shape index (κ3) is 4.17. The molecule has 1 aliphatic rings. The zero-order valence-corrected chi connectivity index (χ0v) is 13.9. The van der Waals surface area contributed by atoms with Crippen LogP contribution in [0.25, 0.3) is 0 Å². The van der Waals surface area contributed by atoms with Crippen LogP contribution in [0.1, 0.15) is 28.8 Å². The Morgan fingerprint density at radius 2 is 1.88 bits per heavy atom. The number of carbonyl (C=O) groups is 1. The number of rotatable bonds is 4. The molecule has 0 spiro atoms. The summed E-state index contributed by atoms with van der Waals surface area (Å²) in [5.41, 5.74) is 1.16. The van der Waals surface area contributed by atoms with E-state index < -0.39 is 0 Å². The lowest BCUT2D eigenvalue weighted by Crippen LogP contribution is -2.39. The summed E-state index contributed by atoms with van der Waals surface area (Å²) in [6.45, 7) is 1.53. The minimum Gasteiger partial charge on any atom is -0.457 e. The maximum absolute atomic E-state index is 12.7. The van der Waals surface area contributed by atoms with Crippen LogP contribution in [-0.4, -0.2) is 35.6 Å². The third-order valence-electron chi connectivity index (χ3n) is 4.46. The fourth-order valence-electron chi connectivity index (χ4n) is 2.93. The number of nitrogens with zero attached hydrogens (tertiary/aromatic N) is 2. The summed E-state index contributed by atoms with van der Waals surface area (Å²) in [6.07, 6.45) is 1.67. The van der Waals surface area contributed by atoms with Gasteiger partial charge in [-0.1, -0.05) is 6.07 Å². The highest BCUT2D eigenvalue weighted by molar-refractivity contribution is 5.94. The Hall–Kier alpha value is -2.84. The smallest absolute Gasteiger partial charge is 0.253 e. The van der Waals surface area contributed by atoms with E-state index in [1.165, 1.54) is 0 Å². The molecule has 1 saturated heterocycles. The largest absolute Gasteiger partial charge is 0.457 e. The van der Waals surface area contributed by atoms with Crippen LogP contribution in [0.2, 0.25) is 0 Å². The Labute approximate surface area is 147 Å². The summed E-state index contributed by atoms with van der Waals surface area (Å²) < 4.78 is 5.78. The SMILES string of the molecule is N#Cc1ccc(Oc2cccc(C(=O)N3CCC(CO)CC3)c2)cc1. The molecule has 1 aliphatic heterocycles. The number of ether oxygens (including phenoxy) is 1. The number of nitriles is 1. The Balaban J connectivity index is 1.68. The molecule has 5 heteroatoms. The average Bonchev–Trinajstić information content (AvgIpc) is 2.68. The second-order valence-corrected chi connectivity index (χ2v) is 6.18. The fraction of sp³-hybridized carbons (Fsp3) is 0.300. The zero-order valence-electron chi connectivity index (χ0n) is 13.9. The van der Waals surface area contributed by atoms with Gasteiger partial charge in [0.05, 0.1) is 11.6 Å². The molecule has 5 nitrogen and oxygen atoms in total. The van der Waals surface area contributed by atoms with Gasteiger partial charge >= 0.3 is 0 Å². The Morgan fingerprint density at radius 3 is 2.52 bits per heavy atom. The summed E-state index contributed by atoms with van der Waals surface area (Å²) in [6, 6.07) is 16.0. The second kappa shape index (κ2) is 7.82. The summed E-state index contributed by atoms with van der Waals surface area (Å²) >= 11 is 0. The summed E-state index contributed by atoms with van der Waals surface area (Å²) in [5, 5.41) is 18.0. The molecule has 0 radical (unpaired) electrons. The topological polar surface area (TPSA) is 73.6 Å². The first-order chi connectivity index (χ1) is 12.2. The van der Waals surface area contributed by atoms with Crippen molar-refractivity contribution in [1.82, 2.24) is 4.90 Å². The predicted molar refractivity (Wildman–Crippen MR) is 93.4 cm³/mol. The van der Waals surface area contributed by atoms with Gasteiger partial charge in [-0.05, 0) is 61.2 Å². The summed E-state index contributed by atoms with van der Waals surface area (Å²) in [4.78, 5) is 14.5. The Bertz CT molecular complexity index is 772. The van der Waals surface area contributed by atoms with Crippen LogP contribution < -0.4 is 4.74 Å². The Kier molecular flexibility index (Phi) is 5.32. The van der Waals surface area contributed by atoms with E-state index in [1.54, 1.807) is 48.5 Å². The van der Waals surface area contributed by atoms with E-state index in [9.17, 15) is 9.90 Å². The van der Waals surface area contributed by atoms with Gasteiger partial charge in [-0.15, -0.1) is 0 Å².